The van der Waals surface area contributed by atoms with Gasteiger partial charge in [0, 0.05) is 12.1 Å². The molecule has 1 saturated heterocycles. The first-order chi connectivity index (χ1) is 12.4. The van der Waals surface area contributed by atoms with Gasteiger partial charge < -0.3 is 9.90 Å². The van der Waals surface area contributed by atoms with Crippen LogP contribution in [0, 0.1) is 10.1 Å². The van der Waals surface area contributed by atoms with Crippen LogP contribution in [0.1, 0.15) is 15.9 Å². The van der Waals surface area contributed by atoms with Crippen molar-refractivity contribution in [2.24, 2.45) is 0 Å². The second-order valence-corrected chi connectivity index (χ2v) is 6.88. The van der Waals surface area contributed by atoms with Crippen LogP contribution in [-0.2, 0) is 4.79 Å². The Morgan fingerprint density at radius 2 is 1.73 bits per heavy atom. The number of hydrogen-bond donors (Lipinski definition) is 0. The lowest BCUT2D eigenvalue weighted by Gasteiger charge is -2.15. The second-order valence-electron chi connectivity index (χ2n) is 5.20. The first kappa shape index (κ1) is 17.8. The minimum Gasteiger partial charge on any atom is -0.545 e. The van der Waals surface area contributed by atoms with Gasteiger partial charge in [0.2, 0.25) is 0 Å². The molecule has 0 spiro atoms. The van der Waals surface area contributed by atoms with Gasteiger partial charge in [0.25, 0.3) is 11.6 Å². The number of nitrogens with zero attached hydrogens (tertiary/aromatic N) is 2. The maximum atomic E-state index is 12.6. The van der Waals surface area contributed by atoms with Gasteiger partial charge in [0.05, 0.1) is 21.5 Å². The number of nitro benzene ring substituents is 1. The van der Waals surface area contributed by atoms with Crippen LogP contribution >= 0.6 is 24.0 Å². The summed E-state index contributed by atoms with van der Waals surface area (Å²) < 4.78 is 0.310. The Hall–Kier alpha value is -3.04. The van der Waals surface area contributed by atoms with E-state index in [9.17, 15) is 24.8 Å². The third kappa shape index (κ3) is 3.48. The summed E-state index contributed by atoms with van der Waals surface area (Å²) in [4.78, 5) is 35.3. The predicted octanol–water partition coefficient (Wildman–Crippen LogP) is 2.36. The lowest BCUT2D eigenvalue weighted by molar-refractivity contribution is -0.384. The van der Waals surface area contributed by atoms with E-state index in [-0.39, 0.29) is 17.2 Å². The molecule has 0 bridgehead atoms. The summed E-state index contributed by atoms with van der Waals surface area (Å²) in [6.45, 7) is 0. The fraction of sp³-hybridized carbons (Fsp3) is 0. The van der Waals surface area contributed by atoms with E-state index >= 15 is 0 Å². The molecule has 1 fully saturated rings. The number of thioether (sulfide) groups is 1. The Morgan fingerprint density at radius 1 is 1.12 bits per heavy atom. The molecule has 2 aromatic rings. The van der Waals surface area contributed by atoms with Crippen molar-refractivity contribution in [1.29, 1.82) is 0 Å². The van der Waals surface area contributed by atoms with Gasteiger partial charge in [-0.2, -0.15) is 0 Å². The number of benzene rings is 2. The van der Waals surface area contributed by atoms with Crippen LogP contribution in [0.5, 0.6) is 0 Å². The predicted molar refractivity (Wildman–Crippen MR) is 99.5 cm³/mol. The highest BCUT2D eigenvalue weighted by Gasteiger charge is 2.33. The average molecular weight is 385 g/mol. The molecule has 0 saturated carbocycles. The molecule has 1 aliphatic rings. The normalized spacial score (nSPS) is 15.5. The molecule has 9 heteroatoms. The van der Waals surface area contributed by atoms with Crippen molar-refractivity contribution >= 4 is 57.6 Å². The molecule has 0 aromatic heterocycles. The number of non-ortho nitro benzene ring substituents is 1. The van der Waals surface area contributed by atoms with Crippen LogP contribution in [0.15, 0.2) is 53.4 Å². The van der Waals surface area contributed by atoms with Crippen LogP contribution in [0.2, 0.25) is 0 Å². The zero-order valence-electron chi connectivity index (χ0n) is 12.9. The van der Waals surface area contributed by atoms with Gasteiger partial charge in [-0.1, -0.05) is 36.1 Å². The molecule has 0 radical (unpaired) electrons. The summed E-state index contributed by atoms with van der Waals surface area (Å²) in [7, 11) is 0. The van der Waals surface area contributed by atoms with Crippen molar-refractivity contribution in [2.75, 3.05) is 4.90 Å². The molecule has 0 aliphatic carbocycles. The molecule has 0 unspecified atom stereocenters. The topological polar surface area (TPSA) is 104 Å². The fourth-order valence-electron chi connectivity index (χ4n) is 2.28. The van der Waals surface area contributed by atoms with Crippen molar-refractivity contribution in [2.45, 2.75) is 0 Å². The zero-order valence-corrected chi connectivity index (χ0v) is 14.6. The van der Waals surface area contributed by atoms with Gasteiger partial charge >= 0.3 is 0 Å². The van der Waals surface area contributed by atoms with Crippen LogP contribution in [0.25, 0.3) is 6.08 Å². The quantitative estimate of drug-likeness (QED) is 0.344. The Morgan fingerprint density at radius 3 is 2.27 bits per heavy atom. The van der Waals surface area contributed by atoms with Gasteiger partial charge in [-0.15, -0.1) is 0 Å². The first-order valence-corrected chi connectivity index (χ1v) is 8.43. The van der Waals surface area contributed by atoms with Crippen molar-refractivity contribution < 1.29 is 19.6 Å². The van der Waals surface area contributed by atoms with Crippen LogP contribution in [0.3, 0.4) is 0 Å². The number of amides is 1. The van der Waals surface area contributed by atoms with E-state index in [0.29, 0.717) is 20.5 Å². The monoisotopic (exact) mass is 385 g/mol. The molecule has 0 atom stereocenters. The number of carboxylic acids is 1. The van der Waals surface area contributed by atoms with Crippen LogP contribution < -0.4 is 10.0 Å². The molecule has 7 nitrogen and oxygen atoms in total. The Bertz CT molecular complexity index is 952. The largest absolute Gasteiger partial charge is 0.545 e. The number of nitro groups is 1. The number of rotatable bonds is 4. The molecule has 26 heavy (non-hydrogen) atoms. The molecule has 130 valence electrons. The summed E-state index contributed by atoms with van der Waals surface area (Å²) in [5.74, 6) is -1.65. The summed E-state index contributed by atoms with van der Waals surface area (Å²) >= 11 is 6.34. The molecule has 1 heterocycles. The van der Waals surface area contributed by atoms with E-state index in [1.807, 2.05) is 0 Å². The second kappa shape index (κ2) is 7.06. The summed E-state index contributed by atoms with van der Waals surface area (Å²) in [6.07, 6.45) is 1.60. The number of thiocarbonyl (C=S) groups is 1. The van der Waals surface area contributed by atoms with E-state index in [1.165, 1.54) is 41.3 Å². The van der Waals surface area contributed by atoms with E-state index in [1.54, 1.807) is 18.2 Å². The Labute approximate surface area is 157 Å². The van der Waals surface area contributed by atoms with E-state index in [2.05, 4.69) is 0 Å². The molecular weight excluding hydrogens is 376 g/mol. The minimum absolute atomic E-state index is 0.000567. The summed E-state index contributed by atoms with van der Waals surface area (Å²) in [5.41, 5.74) is 1.04. The lowest BCUT2D eigenvalue weighted by atomic mass is 10.2. The highest BCUT2D eigenvalue weighted by molar-refractivity contribution is 8.27. The number of anilines is 1. The van der Waals surface area contributed by atoms with Gasteiger partial charge in [-0.3, -0.25) is 19.8 Å². The third-order valence-corrected chi connectivity index (χ3v) is 4.86. The maximum absolute atomic E-state index is 12.6. The number of carbonyl (C=O) groups excluding carboxylic acids is 2. The van der Waals surface area contributed by atoms with E-state index in [0.717, 1.165) is 11.8 Å². The smallest absolute Gasteiger partial charge is 0.270 e. The molecule has 1 amide bonds. The molecule has 0 N–H and O–H groups in total. The lowest BCUT2D eigenvalue weighted by Crippen LogP contribution is -2.28. The molecule has 3 rings (SSSR count). The molecule has 2 aromatic carbocycles. The van der Waals surface area contributed by atoms with Crippen molar-refractivity contribution in [1.82, 2.24) is 0 Å². The number of carboxylic acid groups (broad SMARTS) is 1. The maximum Gasteiger partial charge on any atom is 0.270 e. The standard InChI is InChI=1S/C17H10N2O5S2/c20-15-14(9-10-1-5-13(6-2-10)19(23)24)26-17(25)18(15)12-7-3-11(4-8-12)16(21)22/h1-9H,(H,21,22)/p-1. The molecular formula is C17H9N2O5S2-. The number of carbonyl (C=O) groups is 2. The van der Waals surface area contributed by atoms with Crippen molar-refractivity contribution in [3.8, 4) is 0 Å². The number of hydrogen-bond acceptors (Lipinski definition) is 7. The number of aromatic carboxylic acids is 1. The fourth-order valence-corrected chi connectivity index (χ4v) is 3.58. The average Bonchev–Trinajstić information content (AvgIpc) is 2.89. The van der Waals surface area contributed by atoms with Crippen molar-refractivity contribution in [3.63, 3.8) is 0 Å². The van der Waals surface area contributed by atoms with Gasteiger partial charge in [0.15, 0.2) is 4.32 Å². The first-order valence-electron chi connectivity index (χ1n) is 7.20. The Kier molecular flexibility index (Phi) is 4.83. The minimum atomic E-state index is -1.31. The SMILES string of the molecule is O=C([O-])c1ccc(N2C(=O)C(=Cc3ccc([N+](=O)[O-])cc3)SC2=S)cc1. The molecule has 1 aliphatic heterocycles. The van der Waals surface area contributed by atoms with Crippen molar-refractivity contribution in [3.05, 3.63) is 74.7 Å². The van der Waals surface area contributed by atoms with Gasteiger partial charge in [-0.25, -0.2) is 0 Å². The highest BCUT2D eigenvalue weighted by atomic mass is 32.2. The summed E-state index contributed by atoms with van der Waals surface area (Å²) in [5, 5.41) is 21.5. The van der Waals surface area contributed by atoms with E-state index < -0.39 is 10.9 Å². The van der Waals surface area contributed by atoms with E-state index in [4.69, 9.17) is 12.2 Å². The van der Waals surface area contributed by atoms with Crippen LogP contribution in [0.4, 0.5) is 11.4 Å². The third-order valence-electron chi connectivity index (χ3n) is 3.56. The zero-order chi connectivity index (χ0) is 18.8. The van der Waals surface area contributed by atoms with Gasteiger partial charge in [-0.05, 0) is 41.5 Å². The van der Waals surface area contributed by atoms with Crippen LogP contribution in [-0.4, -0.2) is 21.1 Å². The Balaban J connectivity index is 1.86. The highest BCUT2D eigenvalue weighted by Crippen LogP contribution is 2.36. The summed E-state index contributed by atoms with van der Waals surface area (Å²) in [6, 6.07) is 11.4. The van der Waals surface area contributed by atoms with Gasteiger partial charge in [0.1, 0.15) is 0 Å².